The molecule has 53 heavy (non-hydrogen) atoms. The van der Waals surface area contributed by atoms with Crippen LogP contribution < -0.4 is 4.90 Å². The first-order valence-corrected chi connectivity index (χ1v) is 17.9. The normalized spacial score (nSPS) is 12.5. The fraction of sp³-hybridized carbons (Fsp3) is 0. The maximum atomic E-state index is 9.68. The first kappa shape index (κ1) is 26.8. The van der Waals surface area contributed by atoms with Crippen LogP contribution in [0.3, 0.4) is 0 Å². The van der Waals surface area contributed by atoms with Crippen molar-refractivity contribution in [3.05, 3.63) is 212 Å². The third-order valence-corrected chi connectivity index (χ3v) is 10.3. The Morgan fingerprint density at radius 2 is 0.811 bits per heavy atom. The van der Waals surface area contributed by atoms with E-state index in [-0.39, 0.29) is 35.4 Å². The zero-order valence-electron chi connectivity index (χ0n) is 32.8. The predicted octanol–water partition coefficient (Wildman–Crippen LogP) is 14.8. The highest BCUT2D eigenvalue weighted by molar-refractivity contribution is 6.14. The second kappa shape index (κ2) is 13.0. The Kier molecular flexibility index (Phi) is 6.56. The van der Waals surface area contributed by atoms with Crippen LogP contribution in [0.2, 0.25) is 0 Å². The van der Waals surface area contributed by atoms with Crippen LogP contribution in [-0.2, 0) is 0 Å². The van der Waals surface area contributed by atoms with Crippen molar-refractivity contribution >= 4 is 60.2 Å². The summed E-state index contributed by atoms with van der Waals surface area (Å²) < 4.78 is 38.4. The van der Waals surface area contributed by atoms with Gasteiger partial charge in [0.2, 0.25) is 0 Å². The van der Waals surface area contributed by atoms with Gasteiger partial charge in [0, 0.05) is 16.8 Å². The number of benzene rings is 10. The van der Waals surface area contributed by atoms with Crippen LogP contribution in [0, 0.1) is 0 Å². The molecule has 0 bridgehead atoms. The van der Waals surface area contributed by atoms with Gasteiger partial charge in [0.05, 0.1) is 11.2 Å². The maximum absolute atomic E-state index is 9.68. The standard InChI is InChI=1S/C52H35N/c1-2-12-37(13-3-1)45-16-8-9-17-46(45)39-28-32-44(33-29-39)53(52-35-42-15-5-7-19-48(42)49-20-10-11-21-50(49)52)43-30-26-36(27-31-43)41-25-24-40-23-22-38-14-4-6-18-47(38)51(40)34-41/h1-35H/i26D,27D,30D,31D. The quantitative estimate of drug-likeness (QED) is 0.158. The summed E-state index contributed by atoms with van der Waals surface area (Å²) in [6, 6.07) is 63.3. The number of fused-ring (bicyclic) bond motifs is 6. The lowest BCUT2D eigenvalue weighted by atomic mass is 9.94. The Balaban J connectivity index is 1.19. The van der Waals surface area contributed by atoms with Crippen molar-refractivity contribution in [1.82, 2.24) is 0 Å². The number of nitrogens with zero attached hydrogens (tertiary/aromatic N) is 1. The molecule has 248 valence electrons. The van der Waals surface area contributed by atoms with E-state index in [1.165, 1.54) is 0 Å². The van der Waals surface area contributed by atoms with E-state index < -0.39 is 0 Å². The van der Waals surface area contributed by atoms with Gasteiger partial charge in [-0.1, -0.05) is 176 Å². The fourth-order valence-electron chi connectivity index (χ4n) is 7.72. The average Bonchev–Trinajstić information content (AvgIpc) is 3.27. The Labute approximate surface area is 315 Å². The molecule has 0 heterocycles. The Morgan fingerprint density at radius 3 is 1.53 bits per heavy atom. The molecule has 0 amide bonds. The molecule has 0 aliphatic heterocycles. The average molecular weight is 678 g/mol. The molecule has 10 rings (SSSR count). The monoisotopic (exact) mass is 677 g/mol. The van der Waals surface area contributed by atoms with E-state index in [0.717, 1.165) is 76.7 Å². The minimum Gasteiger partial charge on any atom is -0.310 e. The molecule has 1 heteroatoms. The predicted molar refractivity (Wildman–Crippen MR) is 227 cm³/mol. The third kappa shape index (κ3) is 5.51. The Morgan fingerprint density at radius 1 is 0.302 bits per heavy atom. The molecule has 10 aromatic rings. The molecule has 1 nitrogen and oxygen atoms in total. The fourth-order valence-corrected chi connectivity index (χ4v) is 7.72. The Bertz CT molecular complexity index is 3150. The molecule has 0 spiro atoms. The van der Waals surface area contributed by atoms with Crippen molar-refractivity contribution in [2.24, 2.45) is 0 Å². The van der Waals surface area contributed by atoms with Gasteiger partial charge < -0.3 is 4.90 Å². The van der Waals surface area contributed by atoms with Crippen LogP contribution in [0.4, 0.5) is 17.1 Å². The van der Waals surface area contributed by atoms with E-state index in [1.807, 2.05) is 95.9 Å². The lowest BCUT2D eigenvalue weighted by molar-refractivity contribution is 1.30. The summed E-state index contributed by atoms with van der Waals surface area (Å²) in [5.41, 5.74) is 6.98. The zero-order valence-corrected chi connectivity index (χ0v) is 28.8. The second-order valence-electron chi connectivity index (χ2n) is 13.4. The van der Waals surface area contributed by atoms with Gasteiger partial charge in [-0.2, -0.15) is 0 Å². The van der Waals surface area contributed by atoms with Gasteiger partial charge in [0.25, 0.3) is 0 Å². The van der Waals surface area contributed by atoms with Crippen LogP contribution >= 0.6 is 0 Å². The molecule has 0 aliphatic carbocycles. The highest BCUT2D eigenvalue weighted by atomic mass is 15.1. The zero-order chi connectivity index (χ0) is 38.6. The van der Waals surface area contributed by atoms with Crippen LogP contribution in [0.5, 0.6) is 0 Å². The highest BCUT2D eigenvalue weighted by Gasteiger charge is 2.18. The van der Waals surface area contributed by atoms with Gasteiger partial charge in [-0.15, -0.1) is 0 Å². The van der Waals surface area contributed by atoms with Gasteiger partial charge in [-0.25, -0.2) is 0 Å². The SMILES string of the molecule is [2H]c1c([2H])c(N(c2ccc(-c3ccccc3-c3ccccc3)cc2)c2cc3ccccc3c3ccccc23)c([2H])c([2H])c1-c1ccc2ccc3ccccc3c2c1. The minimum atomic E-state index is -0.111. The molecule has 0 aromatic heterocycles. The summed E-state index contributed by atoms with van der Waals surface area (Å²) in [6.07, 6.45) is 0. The minimum absolute atomic E-state index is 0.0888. The van der Waals surface area contributed by atoms with Crippen LogP contribution in [0.1, 0.15) is 5.48 Å². The number of hydrogen-bond donors (Lipinski definition) is 0. The molecule has 10 aromatic carbocycles. The largest absolute Gasteiger partial charge is 0.310 e. The van der Waals surface area contributed by atoms with E-state index in [1.54, 1.807) is 0 Å². The summed E-state index contributed by atoms with van der Waals surface area (Å²) in [5, 5.41) is 8.33. The van der Waals surface area contributed by atoms with E-state index in [0.29, 0.717) is 5.56 Å². The molecule has 0 radical (unpaired) electrons. The summed E-state index contributed by atoms with van der Waals surface area (Å²) in [6.45, 7) is 0. The van der Waals surface area contributed by atoms with E-state index >= 15 is 0 Å². The lowest BCUT2D eigenvalue weighted by Gasteiger charge is -2.28. The third-order valence-electron chi connectivity index (χ3n) is 10.3. The van der Waals surface area contributed by atoms with E-state index in [2.05, 4.69) is 97.1 Å². The van der Waals surface area contributed by atoms with Crippen molar-refractivity contribution in [2.75, 3.05) is 4.90 Å². The van der Waals surface area contributed by atoms with Crippen LogP contribution in [0.15, 0.2) is 212 Å². The molecular formula is C52H35N. The summed E-state index contributed by atoms with van der Waals surface area (Å²) in [5.74, 6) is 0. The molecule has 0 unspecified atom stereocenters. The molecule has 0 aliphatic rings. The van der Waals surface area contributed by atoms with Gasteiger partial charge >= 0.3 is 0 Å². The van der Waals surface area contributed by atoms with Gasteiger partial charge in [0.1, 0.15) is 0 Å². The van der Waals surface area contributed by atoms with Crippen molar-refractivity contribution in [1.29, 1.82) is 0 Å². The molecule has 0 N–H and O–H groups in total. The topological polar surface area (TPSA) is 3.24 Å². The van der Waals surface area contributed by atoms with Crippen LogP contribution in [0.25, 0.3) is 76.5 Å². The van der Waals surface area contributed by atoms with Gasteiger partial charge in [-0.05, 0) is 107 Å². The van der Waals surface area contributed by atoms with E-state index in [9.17, 15) is 5.48 Å². The van der Waals surface area contributed by atoms with Crippen molar-refractivity contribution in [2.45, 2.75) is 0 Å². The molecular weight excluding hydrogens is 639 g/mol. The van der Waals surface area contributed by atoms with Gasteiger partial charge in [0.15, 0.2) is 0 Å². The first-order valence-electron chi connectivity index (χ1n) is 19.9. The Hall–Kier alpha value is -6.96. The maximum Gasteiger partial charge on any atom is 0.0645 e. The van der Waals surface area contributed by atoms with Crippen molar-refractivity contribution < 1.29 is 5.48 Å². The smallest absolute Gasteiger partial charge is 0.0645 e. The molecule has 0 fully saturated rings. The van der Waals surface area contributed by atoms with E-state index in [4.69, 9.17) is 0 Å². The first-order chi connectivity index (χ1) is 28.0. The van der Waals surface area contributed by atoms with Crippen molar-refractivity contribution in [3.8, 4) is 33.4 Å². The number of anilines is 3. The second-order valence-corrected chi connectivity index (χ2v) is 13.4. The summed E-state index contributed by atoms with van der Waals surface area (Å²) >= 11 is 0. The lowest BCUT2D eigenvalue weighted by Crippen LogP contribution is -2.10. The summed E-state index contributed by atoms with van der Waals surface area (Å²) in [4.78, 5) is 1.92. The number of hydrogen-bond acceptors (Lipinski definition) is 1. The molecule has 0 atom stereocenters. The van der Waals surface area contributed by atoms with Crippen LogP contribution in [-0.4, -0.2) is 0 Å². The number of rotatable bonds is 6. The molecule has 0 saturated carbocycles. The molecule has 0 saturated heterocycles. The highest BCUT2D eigenvalue weighted by Crippen LogP contribution is 2.43. The summed E-state index contributed by atoms with van der Waals surface area (Å²) in [7, 11) is 0. The van der Waals surface area contributed by atoms with Crippen molar-refractivity contribution in [3.63, 3.8) is 0 Å². The van der Waals surface area contributed by atoms with Gasteiger partial charge in [-0.3, -0.25) is 0 Å².